The van der Waals surface area contributed by atoms with Gasteiger partial charge in [0.2, 0.25) is 23.7 Å². The molecule has 2 aromatic carbocycles. The van der Waals surface area contributed by atoms with Crippen molar-refractivity contribution >= 4 is 64.2 Å². The number of carbonyl (C=O) groups is 7. The number of likely N-dealkylation sites (tertiary alicyclic amines) is 1. The van der Waals surface area contributed by atoms with Crippen LogP contribution in [0, 0.1) is 24.7 Å². The molecule has 2 saturated heterocycles. The number of carbonyl (C=O) groups excluding carboxylic acids is 7. The van der Waals surface area contributed by atoms with Crippen molar-refractivity contribution in [1.29, 1.82) is 0 Å². The number of hydrogen-bond acceptors (Lipinski definition) is 14. The maximum absolute atomic E-state index is 13.8. The van der Waals surface area contributed by atoms with Gasteiger partial charge in [-0.25, -0.2) is 14.6 Å². The number of urea groups is 1. The summed E-state index contributed by atoms with van der Waals surface area (Å²) < 4.78 is 13.4. The molecular weight excluding hydrogens is 959 g/mol. The number of piperazine rings is 1. The van der Waals surface area contributed by atoms with Gasteiger partial charge < -0.3 is 46.4 Å². The number of nitrogen functional groups attached to an aromatic ring is 1. The molecule has 20 heteroatoms. The topological polar surface area (TPSA) is 267 Å². The van der Waals surface area contributed by atoms with E-state index in [1.165, 1.54) is 21.6 Å². The third-order valence-corrected chi connectivity index (χ3v) is 14.0. The Morgan fingerprint density at radius 3 is 2.29 bits per heavy atom. The first kappa shape index (κ1) is 57.4. The van der Waals surface area contributed by atoms with Crippen molar-refractivity contribution in [3.63, 3.8) is 0 Å². The van der Waals surface area contributed by atoms with Crippen molar-refractivity contribution in [2.45, 2.75) is 118 Å². The van der Waals surface area contributed by atoms with Gasteiger partial charge in [0.25, 0.3) is 0 Å². The number of ether oxygens (including phenoxy) is 2. The quantitative estimate of drug-likeness (QED) is 0.0332. The normalized spacial score (nSPS) is 15.8. The number of nitrogens with two attached hydrogens (primary N) is 2. The Hall–Kier alpha value is -6.93. The Balaban J connectivity index is 0.933. The minimum atomic E-state index is -0.896. The van der Waals surface area contributed by atoms with E-state index in [0.717, 1.165) is 54.8 Å². The molecule has 0 radical (unpaired) electrons. The third-order valence-electron chi connectivity index (χ3n) is 14.0. The molecule has 0 saturated carbocycles. The van der Waals surface area contributed by atoms with Crippen LogP contribution in [0.5, 0.6) is 0 Å². The predicted molar refractivity (Wildman–Crippen MR) is 285 cm³/mol. The van der Waals surface area contributed by atoms with E-state index >= 15 is 0 Å². The van der Waals surface area contributed by atoms with Crippen molar-refractivity contribution in [3.05, 3.63) is 82.5 Å². The molecule has 0 spiro atoms. The third kappa shape index (κ3) is 17.0. The highest BCUT2D eigenvalue weighted by molar-refractivity contribution is 6.03. The number of ketones is 2. The van der Waals surface area contributed by atoms with E-state index in [-0.39, 0.29) is 106 Å². The standard InChI is InChI=1S/C55H77N11O9/c1-6-7-8-19-58-50-49-46(61-53(56)62-50)17-21-65(49)34-42-16-15-41(29-37(42)4)33-63-22-24-64(25-23-63)55(73)75-35-40-13-11-39(12-14-40)31-47(68)45(10-9-20-59-54(57)72)60-51(70)44(36(2)3)32-43(67)18-27-74-28-26-66-48(69)30-38(5)52(66)71/h11-17,21,29,36,38,44-45H,6-10,18-20,22-28,30-35H2,1-5H3,(H,60,70)(H3,57,59,72)(H3,56,58,61,62)/t38?,44-,45-/m0/s1. The van der Waals surface area contributed by atoms with Gasteiger partial charge in [-0.2, -0.15) is 4.98 Å². The van der Waals surface area contributed by atoms with E-state index in [2.05, 4.69) is 67.4 Å². The smallest absolute Gasteiger partial charge is 0.410 e. The molecule has 6 rings (SSSR count). The number of unbranched alkanes of at least 4 members (excludes halogenated alkanes) is 2. The number of anilines is 2. The van der Waals surface area contributed by atoms with E-state index in [1.807, 2.05) is 26.1 Å². The second kappa shape index (κ2) is 28.1. The molecule has 0 bridgehead atoms. The zero-order valence-electron chi connectivity index (χ0n) is 44.4. The molecule has 2 aromatic heterocycles. The van der Waals surface area contributed by atoms with Crippen molar-refractivity contribution < 1.29 is 43.0 Å². The van der Waals surface area contributed by atoms with Crippen molar-refractivity contribution in [3.8, 4) is 0 Å². The number of amides is 6. The number of primary amides is 1. The Labute approximate surface area is 440 Å². The minimum Gasteiger partial charge on any atom is -0.445 e. The fourth-order valence-electron chi connectivity index (χ4n) is 9.46. The lowest BCUT2D eigenvalue weighted by atomic mass is 9.88. The second-order valence-electron chi connectivity index (χ2n) is 20.2. The summed E-state index contributed by atoms with van der Waals surface area (Å²) in [6.45, 7) is 15.0. The molecular formula is C55H77N11O9. The Morgan fingerprint density at radius 2 is 1.61 bits per heavy atom. The lowest BCUT2D eigenvalue weighted by molar-refractivity contribution is -0.140. The van der Waals surface area contributed by atoms with Gasteiger partial charge in [0.05, 0.1) is 31.3 Å². The molecule has 20 nitrogen and oxygen atoms in total. The van der Waals surface area contributed by atoms with Crippen LogP contribution in [0.1, 0.15) is 107 Å². The van der Waals surface area contributed by atoms with E-state index in [4.69, 9.17) is 20.9 Å². The van der Waals surface area contributed by atoms with Gasteiger partial charge in [-0.15, -0.1) is 0 Å². The van der Waals surface area contributed by atoms with E-state index in [1.54, 1.807) is 36.1 Å². The molecule has 0 aliphatic carbocycles. The number of nitrogens with zero attached hydrogens (tertiary/aromatic N) is 6. The first-order chi connectivity index (χ1) is 36.0. The first-order valence-electron chi connectivity index (χ1n) is 26.5. The number of aryl methyl sites for hydroxylation is 1. The highest BCUT2D eigenvalue weighted by Crippen LogP contribution is 2.26. The van der Waals surface area contributed by atoms with Crippen molar-refractivity contribution in [2.24, 2.45) is 23.5 Å². The van der Waals surface area contributed by atoms with Gasteiger partial charge in [-0.3, -0.25) is 33.8 Å². The molecule has 2 aliphatic heterocycles. The number of imide groups is 1. The number of fused-ring (bicyclic) bond motifs is 1. The first-order valence-corrected chi connectivity index (χ1v) is 26.5. The molecule has 406 valence electrons. The summed E-state index contributed by atoms with van der Waals surface area (Å²) in [6, 6.07) is 14.2. The summed E-state index contributed by atoms with van der Waals surface area (Å²) >= 11 is 0. The average molecular weight is 1040 g/mol. The van der Waals surface area contributed by atoms with Gasteiger partial charge in [-0.05, 0) is 66.0 Å². The zero-order valence-corrected chi connectivity index (χ0v) is 44.4. The molecule has 4 heterocycles. The monoisotopic (exact) mass is 1040 g/mol. The summed E-state index contributed by atoms with van der Waals surface area (Å²) in [6.07, 6.45) is 5.75. The SMILES string of the molecule is CCCCCNc1nc(N)nc2ccn(Cc3ccc(CN4CCN(C(=O)OCc5ccc(CC(=O)[C@H](CCCNC(N)=O)NC(=O)[C@@H](CC(=O)CCOCCN6C(=O)CC(C)C6=O)C(C)C)cc5)CC4)cc3C)c12. The van der Waals surface area contributed by atoms with Crippen LogP contribution >= 0.6 is 0 Å². The van der Waals surface area contributed by atoms with Crippen LogP contribution in [-0.2, 0) is 59.6 Å². The molecule has 3 atom stereocenters. The van der Waals surface area contributed by atoms with E-state index in [9.17, 15) is 33.6 Å². The summed E-state index contributed by atoms with van der Waals surface area (Å²) in [5.41, 5.74) is 18.1. The molecule has 6 amide bonds. The number of aromatic nitrogens is 3. The van der Waals surface area contributed by atoms with Crippen LogP contribution in [0.15, 0.2) is 54.7 Å². The van der Waals surface area contributed by atoms with Crippen LogP contribution in [-0.4, -0.2) is 136 Å². The Bertz CT molecular complexity index is 2610. The summed E-state index contributed by atoms with van der Waals surface area (Å²) in [7, 11) is 0. The van der Waals surface area contributed by atoms with E-state index < -0.39 is 30.0 Å². The highest BCUT2D eigenvalue weighted by atomic mass is 16.6. The molecule has 1 unspecified atom stereocenters. The van der Waals surface area contributed by atoms with E-state index in [0.29, 0.717) is 44.7 Å². The number of hydrogen-bond donors (Lipinski definition) is 5. The maximum Gasteiger partial charge on any atom is 0.410 e. The molecule has 75 heavy (non-hydrogen) atoms. The van der Waals surface area contributed by atoms with Crippen LogP contribution in [0.3, 0.4) is 0 Å². The van der Waals surface area contributed by atoms with Crippen LogP contribution in [0.4, 0.5) is 21.4 Å². The maximum atomic E-state index is 13.8. The number of rotatable bonds is 29. The fraction of sp³-hybridized carbons (Fsp3) is 0.545. The van der Waals surface area contributed by atoms with Gasteiger partial charge in [0, 0.05) is 96.1 Å². The summed E-state index contributed by atoms with van der Waals surface area (Å²) in [5.74, 6) is -1.60. The van der Waals surface area contributed by atoms with Crippen molar-refractivity contribution in [2.75, 3.05) is 70.1 Å². The Morgan fingerprint density at radius 1 is 0.880 bits per heavy atom. The summed E-state index contributed by atoms with van der Waals surface area (Å²) in [4.78, 5) is 103. The lowest BCUT2D eigenvalue weighted by Gasteiger charge is -2.34. The highest BCUT2D eigenvalue weighted by Gasteiger charge is 2.35. The average Bonchev–Trinajstić information content (AvgIpc) is 3.89. The van der Waals surface area contributed by atoms with Gasteiger partial charge in [0.15, 0.2) is 11.6 Å². The molecule has 7 N–H and O–H groups in total. The van der Waals surface area contributed by atoms with Crippen molar-refractivity contribution in [1.82, 2.24) is 39.9 Å². The fourth-order valence-corrected chi connectivity index (χ4v) is 9.46. The molecule has 2 aliphatic rings. The number of Topliss-reactive ketones (excluding diaryl/α,β-unsaturated/α-hetero) is 2. The number of benzene rings is 2. The van der Waals surface area contributed by atoms with Gasteiger partial charge in [-0.1, -0.05) is 83.0 Å². The Kier molecular flexibility index (Phi) is 21.5. The largest absolute Gasteiger partial charge is 0.445 e. The minimum absolute atomic E-state index is 0.00765. The molecule has 4 aromatic rings. The van der Waals surface area contributed by atoms with Crippen LogP contribution in [0.2, 0.25) is 0 Å². The second-order valence-corrected chi connectivity index (χ2v) is 20.2. The number of nitrogens with one attached hydrogen (secondary N) is 3. The lowest BCUT2D eigenvalue weighted by Crippen LogP contribution is -2.48. The molecule has 2 fully saturated rings. The predicted octanol–water partition coefficient (Wildman–Crippen LogP) is 5.50. The van der Waals surface area contributed by atoms with Crippen LogP contribution < -0.4 is 27.4 Å². The van der Waals surface area contributed by atoms with Gasteiger partial charge in [0.1, 0.15) is 17.9 Å². The van der Waals surface area contributed by atoms with Crippen LogP contribution in [0.25, 0.3) is 11.0 Å². The zero-order chi connectivity index (χ0) is 54.0. The van der Waals surface area contributed by atoms with Gasteiger partial charge >= 0.3 is 12.1 Å². The summed E-state index contributed by atoms with van der Waals surface area (Å²) in [5, 5.41) is 8.87.